The van der Waals surface area contributed by atoms with Crippen molar-refractivity contribution in [3.8, 4) is 0 Å². The van der Waals surface area contributed by atoms with Crippen molar-refractivity contribution in [3.63, 3.8) is 0 Å². The van der Waals surface area contributed by atoms with Crippen molar-refractivity contribution in [3.05, 3.63) is 29.8 Å². The highest BCUT2D eigenvalue weighted by molar-refractivity contribution is 7.92. The third kappa shape index (κ3) is 8.47. The van der Waals surface area contributed by atoms with Crippen LogP contribution in [0.4, 0.5) is 5.69 Å². The van der Waals surface area contributed by atoms with Gasteiger partial charge in [-0.15, -0.1) is 0 Å². The van der Waals surface area contributed by atoms with Crippen LogP contribution in [0.2, 0.25) is 0 Å². The largest absolute Gasteiger partial charge is 0.341 e. The van der Waals surface area contributed by atoms with Gasteiger partial charge in [-0.25, -0.2) is 8.42 Å². The summed E-state index contributed by atoms with van der Waals surface area (Å²) in [5.41, 5.74) is 1.57. The fraction of sp³-hybridized carbons (Fsp3) is 0.579. The van der Waals surface area contributed by atoms with Gasteiger partial charge in [0.1, 0.15) is 11.5 Å². The lowest BCUT2D eigenvalue weighted by molar-refractivity contribution is -0.129. The Kier molecular flexibility index (Phi) is 8.27. The second kappa shape index (κ2) is 9.71. The molecule has 0 aliphatic rings. The number of sulfone groups is 1. The summed E-state index contributed by atoms with van der Waals surface area (Å²) in [6.45, 7) is 10.8. The molecule has 0 radical (unpaired) electrons. The van der Waals surface area contributed by atoms with E-state index in [0.29, 0.717) is 18.8 Å². The fourth-order valence-corrected chi connectivity index (χ4v) is 3.66. The van der Waals surface area contributed by atoms with Gasteiger partial charge in [-0.1, -0.05) is 45.4 Å². The number of rotatable bonds is 9. The average Bonchev–Trinajstić information content (AvgIpc) is 2.46. The molecule has 0 aromatic heterocycles. The van der Waals surface area contributed by atoms with Gasteiger partial charge in [-0.2, -0.15) is 0 Å². The van der Waals surface area contributed by atoms with Gasteiger partial charge in [0.25, 0.3) is 0 Å². The van der Waals surface area contributed by atoms with Crippen molar-refractivity contribution >= 4 is 27.3 Å². The standard InChI is InChI=1S/C19H30N2O4S/c1-14(2)10-21(11-15(3)4)19(23)13-26(24,25)12-18(22)20-17-8-6-16(5)7-9-17/h6-9,14-15H,10-13H2,1-5H3,(H,20,22). The zero-order valence-electron chi connectivity index (χ0n) is 16.3. The van der Waals surface area contributed by atoms with Crippen LogP contribution in [-0.2, 0) is 19.4 Å². The molecule has 0 unspecified atom stereocenters. The van der Waals surface area contributed by atoms with E-state index in [1.54, 1.807) is 17.0 Å². The van der Waals surface area contributed by atoms with Gasteiger partial charge >= 0.3 is 0 Å². The van der Waals surface area contributed by atoms with Crippen LogP contribution >= 0.6 is 0 Å². The normalized spacial score (nSPS) is 11.7. The Morgan fingerprint density at radius 1 is 0.962 bits per heavy atom. The maximum atomic E-state index is 12.4. The number of amides is 2. The lowest BCUT2D eigenvalue weighted by Crippen LogP contribution is -2.41. The summed E-state index contributed by atoms with van der Waals surface area (Å²) in [4.78, 5) is 26.0. The average molecular weight is 383 g/mol. The van der Waals surface area contributed by atoms with E-state index in [4.69, 9.17) is 0 Å². The van der Waals surface area contributed by atoms with Crippen LogP contribution in [0.25, 0.3) is 0 Å². The first-order valence-corrected chi connectivity index (χ1v) is 10.7. The number of nitrogens with zero attached hydrogens (tertiary/aromatic N) is 1. The Hall–Kier alpha value is -1.89. The number of aryl methyl sites for hydroxylation is 1. The SMILES string of the molecule is Cc1ccc(NC(=O)CS(=O)(=O)CC(=O)N(CC(C)C)CC(C)C)cc1. The summed E-state index contributed by atoms with van der Waals surface area (Å²) in [6.07, 6.45) is 0. The molecule has 1 N–H and O–H groups in total. The van der Waals surface area contributed by atoms with Crippen molar-refractivity contribution in [2.24, 2.45) is 11.8 Å². The number of anilines is 1. The Labute approximate surface area is 156 Å². The van der Waals surface area contributed by atoms with E-state index in [1.807, 2.05) is 46.8 Å². The number of carbonyl (C=O) groups excluding carboxylic acids is 2. The van der Waals surface area contributed by atoms with Gasteiger partial charge in [0.2, 0.25) is 11.8 Å². The van der Waals surface area contributed by atoms with Gasteiger partial charge in [-0.3, -0.25) is 9.59 Å². The van der Waals surface area contributed by atoms with Crippen molar-refractivity contribution in [2.45, 2.75) is 34.6 Å². The first-order chi connectivity index (χ1) is 12.0. The number of nitrogens with one attached hydrogen (secondary N) is 1. The molecular formula is C19H30N2O4S. The van der Waals surface area contributed by atoms with Crippen molar-refractivity contribution in [1.29, 1.82) is 0 Å². The van der Waals surface area contributed by atoms with Crippen LogP contribution in [-0.4, -0.2) is 49.7 Å². The molecule has 146 valence electrons. The molecule has 0 bridgehead atoms. The molecule has 0 heterocycles. The molecule has 0 aliphatic carbocycles. The first-order valence-electron chi connectivity index (χ1n) is 8.83. The van der Waals surface area contributed by atoms with Gasteiger partial charge in [0.15, 0.2) is 9.84 Å². The number of hydrogen-bond acceptors (Lipinski definition) is 4. The van der Waals surface area contributed by atoms with Crippen LogP contribution in [0.15, 0.2) is 24.3 Å². The summed E-state index contributed by atoms with van der Waals surface area (Å²) >= 11 is 0. The molecule has 0 saturated carbocycles. The van der Waals surface area contributed by atoms with Crippen molar-refractivity contribution in [1.82, 2.24) is 4.90 Å². The number of carbonyl (C=O) groups is 2. The first kappa shape index (κ1) is 22.2. The lowest BCUT2D eigenvalue weighted by Gasteiger charge is -2.26. The maximum Gasteiger partial charge on any atom is 0.239 e. The highest BCUT2D eigenvalue weighted by Crippen LogP contribution is 2.10. The van der Waals surface area contributed by atoms with Crippen molar-refractivity contribution in [2.75, 3.05) is 29.9 Å². The highest BCUT2D eigenvalue weighted by Gasteiger charge is 2.25. The molecule has 1 aromatic carbocycles. The van der Waals surface area contributed by atoms with Crippen molar-refractivity contribution < 1.29 is 18.0 Å². The maximum absolute atomic E-state index is 12.4. The molecule has 7 heteroatoms. The molecule has 2 amide bonds. The Balaban J connectivity index is 2.68. The third-order valence-corrected chi connectivity index (χ3v) is 4.94. The monoisotopic (exact) mass is 382 g/mol. The number of hydrogen-bond donors (Lipinski definition) is 1. The molecule has 0 aliphatic heterocycles. The number of benzene rings is 1. The topological polar surface area (TPSA) is 83.5 Å². The summed E-state index contributed by atoms with van der Waals surface area (Å²) in [7, 11) is -3.83. The van der Waals surface area contributed by atoms with Crippen LogP contribution in [0.1, 0.15) is 33.3 Å². The van der Waals surface area contributed by atoms with E-state index in [0.717, 1.165) is 5.56 Å². The molecule has 1 rings (SSSR count). The Morgan fingerprint density at radius 3 is 1.92 bits per heavy atom. The molecule has 0 fully saturated rings. The molecule has 26 heavy (non-hydrogen) atoms. The molecular weight excluding hydrogens is 352 g/mol. The van der Waals surface area contributed by atoms with E-state index >= 15 is 0 Å². The van der Waals surface area contributed by atoms with Gasteiger partial charge in [-0.05, 0) is 30.9 Å². The quantitative estimate of drug-likeness (QED) is 0.711. The molecule has 0 saturated heterocycles. The van der Waals surface area contributed by atoms with Crippen LogP contribution < -0.4 is 5.32 Å². The third-order valence-electron chi connectivity index (χ3n) is 3.55. The zero-order valence-corrected chi connectivity index (χ0v) is 17.1. The van der Waals surface area contributed by atoms with Gasteiger partial charge in [0.05, 0.1) is 0 Å². The summed E-state index contributed by atoms with van der Waals surface area (Å²) in [5.74, 6) is -1.95. The minimum Gasteiger partial charge on any atom is -0.341 e. The van der Waals surface area contributed by atoms with Crippen LogP contribution in [0.3, 0.4) is 0 Å². The predicted molar refractivity (Wildman–Crippen MR) is 105 cm³/mol. The lowest BCUT2D eigenvalue weighted by atomic mass is 10.1. The fourth-order valence-electron chi connectivity index (χ4n) is 2.52. The molecule has 1 aromatic rings. The minimum absolute atomic E-state index is 0.241. The highest BCUT2D eigenvalue weighted by atomic mass is 32.2. The summed E-state index contributed by atoms with van der Waals surface area (Å²) in [5, 5.41) is 2.55. The van der Waals surface area contributed by atoms with Crippen LogP contribution in [0, 0.1) is 18.8 Å². The minimum atomic E-state index is -3.83. The van der Waals surface area contributed by atoms with E-state index in [-0.39, 0.29) is 11.8 Å². The second-order valence-corrected chi connectivity index (χ2v) is 9.60. The smallest absolute Gasteiger partial charge is 0.239 e. The Morgan fingerprint density at radius 2 is 1.46 bits per heavy atom. The molecule has 6 nitrogen and oxygen atoms in total. The van der Waals surface area contributed by atoms with E-state index in [1.165, 1.54) is 0 Å². The Bertz CT molecular complexity index is 700. The second-order valence-electron chi connectivity index (χ2n) is 7.53. The summed E-state index contributed by atoms with van der Waals surface area (Å²) < 4.78 is 24.5. The van der Waals surface area contributed by atoms with Gasteiger partial charge < -0.3 is 10.2 Å². The van der Waals surface area contributed by atoms with E-state index in [2.05, 4.69) is 5.32 Å². The summed E-state index contributed by atoms with van der Waals surface area (Å²) in [6, 6.07) is 7.06. The molecule has 0 spiro atoms. The molecule has 0 atom stereocenters. The predicted octanol–water partition coefficient (Wildman–Crippen LogP) is 2.49. The van der Waals surface area contributed by atoms with Gasteiger partial charge in [0, 0.05) is 18.8 Å². The zero-order chi connectivity index (χ0) is 19.9. The van der Waals surface area contributed by atoms with Crippen LogP contribution in [0.5, 0.6) is 0 Å². The van der Waals surface area contributed by atoms with E-state index < -0.39 is 33.2 Å². The van der Waals surface area contributed by atoms with E-state index in [9.17, 15) is 18.0 Å².